The molecule has 1 aromatic carbocycles. The van der Waals surface area contributed by atoms with Crippen LogP contribution in [0.15, 0.2) is 15.9 Å². The number of halogens is 1. The lowest BCUT2D eigenvalue weighted by atomic mass is 10.2. The van der Waals surface area contributed by atoms with Crippen LogP contribution in [0.4, 0.5) is 10.1 Å². The number of aromatic carboxylic acids is 1. The van der Waals surface area contributed by atoms with E-state index in [1.165, 1.54) is 0 Å². The molecule has 0 aliphatic carbocycles. The maximum Gasteiger partial charge on any atom is 0.350 e. The molecule has 0 heterocycles. The van der Waals surface area contributed by atoms with Gasteiger partial charge in [-0.1, -0.05) is 3.77 Å². The van der Waals surface area contributed by atoms with Gasteiger partial charge in [0.1, 0.15) is 11.6 Å². The molecule has 1 aromatic rings. The number of benzene rings is 1. The number of rotatable bonds is 5. The van der Waals surface area contributed by atoms with Gasteiger partial charge in [0.05, 0.1) is 28.1 Å². The summed E-state index contributed by atoms with van der Waals surface area (Å²) in [5.41, 5.74) is -1.08. The highest BCUT2D eigenvalue weighted by Gasteiger charge is 2.19. The summed E-state index contributed by atoms with van der Waals surface area (Å²) in [7, 11) is -6.19. The number of carbonyl (C=O) groups is 1. The van der Waals surface area contributed by atoms with E-state index in [4.69, 9.17) is 9.84 Å². The van der Waals surface area contributed by atoms with Crippen LogP contribution in [0, 0.1) is 5.82 Å². The lowest BCUT2D eigenvalue weighted by molar-refractivity contribution is 0.0692. The van der Waals surface area contributed by atoms with E-state index in [1.54, 1.807) is 0 Å². The number of carboxylic acid groups (broad SMARTS) is 1. The van der Waals surface area contributed by atoms with Gasteiger partial charge in [-0.2, -0.15) is 8.42 Å². The molecule has 1 rings (SSSR count). The minimum absolute atomic E-state index is 0.241. The minimum Gasteiger partial charge on any atom is -0.494 e. The van der Waals surface area contributed by atoms with Crippen LogP contribution < -0.4 is 9.46 Å². The lowest BCUT2D eigenvalue weighted by Gasteiger charge is -2.11. The van der Waals surface area contributed by atoms with Gasteiger partial charge in [-0.25, -0.2) is 13.4 Å². The molecule has 0 amide bonds. The van der Waals surface area contributed by atoms with Crippen molar-refractivity contribution in [1.29, 1.82) is 0 Å². The van der Waals surface area contributed by atoms with Crippen molar-refractivity contribution < 1.29 is 31.7 Å². The second kappa shape index (κ2) is 5.85. The predicted octanol–water partition coefficient (Wildman–Crippen LogP) is 0.917. The summed E-state index contributed by atoms with van der Waals surface area (Å²) in [6, 6.07) is 1.47. The lowest BCUT2D eigenvalue weighted by Crippen LogP contribution is -2.14. The van der Waals surface area contributed by atoms with E-state index < -0.39 is 37.3 Å². The Morgan fingerprint density at radius 2 is 1.90 bits per heavy atom. The topological polar surface area (TPSA) is 122 Å². The highest BCUT2D eigenvalue weighted by molar-refractivity contribution is 8.03. The molecule has 0 unspecified atom stereocenters. The van der Waals surface area contributed by atoms with Crippen molar-refractivity contribution in [3.05, 3.63) is 23.5 Å². The summed E-state index contributed by atoms with van der Waals surface area (Å²) in [4.78, 5) is 10.8. The Morgan fingerprint density at radius 3 is 2.33 bits per heavy atom. The zero-order chi connectivity index (χ0) is 16.4. The van der Waals surface area contributed by atoms with Gasteiger partial charge >= 0.3 is 16.2 Å². The van der Waals surface area contributed by atoms with Crippen LogP contribution in [0.2, 0.25) is 0 Å². The third-order valence-corrected chi connectivity index (χ3v) is 4.74. The zero-order valence-electron chi connectivity index (χ0n) is 11.3. The zero-order valence-corrected chi connectivity index (χ0v) is 12.9. The van der Waals surface area contributed by atoms with E-state index in [9.17, 15) is 21.8 Å². The van der Waals surface area contributed by atoms with Gasteiger partial charge in [-0.3, -0.25) is 4.72 Å². The van der Waals surface area contributed by atoms with Crippen molar-refractivity contribution >= 4 is 31.6 Å². The third-order valence-electron chi connectivity index (χ3n) is 2.04. The first-order chi connectivity index (χ1) is 9.45. The molecule has 0 aromatic heterocycles. The number of hydrogen-bond acceptors (Lipinski definition) is 5. The number of hydrogen-bond donors (Lipinski definition) is 2. The first-order valence-electron chi connectivity index (χ1n) is 5.27. The molecule has 118 valence electrons. The average Bonchev–Trinajstić information content (AvgIpc) is 2.26. The largest absolute Gasteiger partial charge is 0.494 e. The SMILES string of the molecule is COc1cc(F)c(C(=O)O)cc1NS(=O)(=O)N=S(C)(C)=O. The summed E-state index contributed by atoms with van der Waals surface area (Å²) in [5.74, 6) is -2.91. The molecule has 21 heavy (non-hydrogen) atoms. The van der Waals surface area contributed by atoms with Crippen molar-refractivity contribution in [3.63, 3.8) is 0 Å². The summed E-state index contributed by atoms with van der Waals surface area (Å²) in [6.07, 6.45) is 2.22. The standard InChI is InChI=1S/C10H13FN2O6S2/c1-19-9-5-7(11)6(10(14)15)4-8(9)12-21(17,18)13-20(2,3)16/h4-5,12H,1-3H3,(H,14,15). The van der Waals surface area contributed by atoms with Gasteiger partial charge in [-0.15, -0.1) is 0 Å². The van der Waals surface area contributed by atoms with Gasteiger partial charge in [0.15, 0.2) is 0 Å². The van der Waals surface area contributed by atoms with Crippen molar-refractivity contribution in [2.24, 2.45) is 3.77 Å². The van der Waals surface area contributed by atoms with Crippen molar-refractivity contribution in [2.45, 2.75) is 0 Å². The first-order valence-corrected chi connectivity index (χ1v) is 9.04. The van der Waals surface area contributed by atoms with Crippen molar-refractivity contribution in [3.8, 4) is 5.75 Å². The van der Waals surface area contributed by atoms with E-state index >= 15 is 0 Å². The Kier molecular flexibility index (Phi) is 4.79. The van der Waals surface area contributed by atoms with Crippen LogP contribution in [0.3, 0.4) is 0 Å². The number of methoxy groups -OCH3 is 1. The maximum absolute atomic E-state index is 13.5. The van der Waals surface area contributed by atoms with Crippen LogP contribution >= 0.6 is 0 Å². The average molecular weight is 340 g/mol. The normalized spacial score (nSPS) is 11.8. The van der Waals surface area contributed by atoms with Crippen LogP contribution in [0.1, 0.15) is 10.4 Å². The van der Waals surface area contributed by atoms with E-state index in [2.05, 4.69) is 3.77 Å². The molecule has 0 bridgehead atoms. The Labute approximate surface area is 121 Å². The van der Waals surface area contributed by atoms with E-state index in [1.807, 2.05) is 4.72 Å². The molecular weight excluding hydrogens is 327 g/mol. The van der Waals surface area contributed by atoms with E-state index in [0.717, 1.165) is 31.8 Å². The highest BCUT2D eigenvalue weighted by atomic mass is 32.3. The van der Waals surface area contributed by atoms with Crippen LogP contribution in [0.5, 0.6) is 5.75 Å². The van der Waals surface area contributed by atoms with Gasteiger partial charge in [0, 0.05) is 18.6 Å². The van der Waals surface area contributed by atoms with E-state index in [0.29, 0.717) is 0 Å². The number of nitrogens with one attached hydrogen (secondary N) is 1. The fourth-order valence-corrected chi connectivity index (χ4v) is 3.84. The third kappa shape index (κ3) is 4.86. The number of ether oxygens (including phenoxy) is 1. The summed E-state index contributed by atoms with van der Waals surface area (Å²) < 4.78 is 58.0. The fourth-order valence-electron chi connectivity index (χ4n) is 1.36. The van der Waals surface area contributed by atoms with Gasteiger partial charge in [0.2, 0.25) is 0 Å². The molecule has 0 spiro atoms. The van der Waals surface area contributed by atoms with Gasteiger partial charge in [0.25, 0.3) is 0 Å². The predicted molar refractivity (Wildman–Crippen MR) is 74.9 cm³/mol. The molecule has 0 aliphatic rings. The van der Waals surface area contributed by atoms with Crippen LogP contribution in [0.25, 0.3) is 0 Å². The molecule has 0 radical (unpaired) electrons. The highest BCUT2D eigenvalue weighted by Crippen LogP contribution is 2.29. The molecule has 11 heteroatoms. The summed E-state index contributed by atoms with van der Waals surface area (Å²) in [6.45, 7) is 0. The molecule has 8 nitrogen and oxygen atoms in total. The quantitative estimate of drug-likeness (QED) is 0.822. The summed E-state index contributed by atoms with van der Waals surface area (Å²) >= 11 is 0. The number of carboxylic acids is 1. The Hall–Kier alpha value is -1.88. The molecule has 0 fully saturated rings. The molecular formula is C10H13FN2O6S2. The number of nitrogens with zero attached hydrogens (tertiary/aromatic N) is 1. The second-order valence-electron chi connectivity index (χ2n) is 4.17. The van der Waals surface area contributed by atoms with Crippen LogP contribution in [-0.2, 0) is 19.9 Å². The molecule has 0 saturated carbocycles. The van der Waals surface area contributed by atoms with Crippen LogP contribution in [-0.4, -0.2) is 43.3 Å². The van der Waals surface area contributed by atoms with E-state index in [-0.39, 0.29) is 11.4 Å². The fraction of sp³-hybridized carbons (Fsp3) is 0.300. The monoisotopic (exact) mass is 340 g/mol. The van der Waals surface area contributed by atoms with Gasteiger partial charge < -0.3 is 9.84 Å². The first kappa shape index (κ1) is 17.2. The Bertz CT molecular complexity index is 788. The second-order valence-corrected chi connectivity index (χ2v) is 8.28. The van der Waals surface area contributed by atoms with Gasteiger partial charge in [-0.05, 0) is 6.07 Å². The summed E-state index contributed by atoms with van der Waals surface area (Å²) in [5, 5.41) is 8.81. The smallest absolute Gasteiger partial charge is 0.350 e. The van der Waals surface area contributed by atoms with Crippen molar-refractivity contribution in [1.82, 2.24) is 0 Å². The maximum atomic E-state index is 13.5. The molecule has 0 atom stereocenters. The minimum atomic E-state index is -4.38. The van der Waals surface area contributed by atoms with Crippen molar-refractivity contribution in [2.75, 3.05) is 24.3 Å². The Morgan fingerprint density at radius 1 is 1.33 bits per heavy atom. The number of anilines is 1. The molecule has 0 aliphatic heterocycles. The Balaban J connectivity index is 3.41. The molecule has 2 N–H and O–H groups in total. The molecule has 0 saturated heterocycles.